The summed E-state index contributed by atoms with van der Waals surface area (Å²) in [6.45, 7) is 1.93. The summed E-state index contributed by atoms with van der Waals surface area (Å²) >= 11 is 3.38. The Balaban J connectivity index is 2.06. The third kappa shape index (κ3) is 2.73. The van der Waals surface area contributed by atoms with Gasteiger partial charge >= 0.3 is 0 Å². The number of furan rings is 1. The lowest BCUT2D eigenvalue weighted by atomic mass is 10.2. The molecule has 1 aromatic heterocycles. The molecule has 1 N–H and O–H groups in total. The van der Waals surface area contributed by atoms with Gasteiger partial charge < -0.3 is 4.42 Å². The first-order chi connectivity index (χ1) is 7.75. The molecule has 1 heterocycles. The van der Waals surface area contributed by atoms with Gasteiger partial charge in [-0.05, 0) is 37.3 Å². The number of halogens is 1. The van der Waals surface area contributed by atoms with Crippen LogP contribution in [0.1, 0.15) is 12.5 Å². The number of rotatable bonds is 3. The van der Waals surface area contributed by atoms with Crippen molar-refractivity contribution in [3.05, 3.63) is 52.9 Å². The molecule has 0 aliphatic heterocycles. The minimum atomic E-state index is 0.886. The Morgan fingerprint density at radius 2 is 2.00 bits per heavy atom. The first-order valence-electron chi connectivity index (χ1n) is 4.84. The van der Waals surface area contributed by atoms with Crippen molar-refractivity contribution in [2.45, 2.75) is 6.92 Å². The van der Waals surface area contributed by atoms with E-state index in [1.165, 1.54) is 0 Å². The average Bonchev–Trinajstić information content (AvgIpc) is 2.81. The van der Waals surface area contributed by atoms with Gasteiger partial charge in [-0.3, -0.25) is 5.43 Å². The van der Waals surface area contributed by atoms with Crippen LogP contribution >= 0.6 is 15.9 Å². The van der Waals surface area contributed by atoms with Crippen molar-refractivity contribution in [1.82, 2.24) is 0 Å². The average molecular weight is 279 g/mol. The first kappa shape index (κ1) is 11.0. The van der Waals surface area contributed by atoms with E-state index in [4.69, 9.17) is 4.42 Å². The van der Waals surface area contributed by atoms with Crippen LogP contribution in [0.2, 0.25) is 0 Å². The highest BCUT2D eigenvalue weighted by Crippen LogP contribution is 2.14. The number of nitrogens with zero attached hydrogens (tertiary/aromatic N) is 1. The molecule has 1 aromatic carbocycles. The van der Waals surface area contributed by atoms with Crippen LogP contribution in [0.5, 0.6) is 0 Å². The number of anilines is 1. The first-order valence-corrected chi connectivity index (χ1v) is 5.63. The van der Waals surface area contributed by atoms with Gasteiger partial charge in [0.05, 0.1) is 23.9 Å². The van der Waals surface area contributed by atoms with Gasteiger partial charge in [-0.1, -0.05) is 15.9 Å². The second-order valence-corrected chi connectivity index (χ2v) is 4.24. The molecule has 82 valence electrons. The summed E-state index contributed by atoms with van der Waals surface area (Å²) in [4.78, 5) is 0. The van der Waals surface area contributed by atoms with Crippen molar-refractivity contribution < 1.29 is 4.42 Å². The smallest absolute Gasteiger partial charge is 0.0993 e. The summed E-state index contributed by atoms with van der Waals surface area (Å²) in [5.74, 6) is 0. The molecule has 0 bridgehead atoms. The minimum absolute atomic E-state index is 0.886. The van der Waals surface area contributed by atoms with Gasteiger partial charge in [0.2, 0.25) is 0 Å². The van der Waals surface area contributed by atoms with Crippen LogP contribution in [0.3, 0.4) is 0 Å². The molecule has 0 amide bonds. The van der Waals surface area contributed by atoms with Gasteiger partial charge in [0, 0.05) is 10.0 Å². The lowest BCUT2D eigenvalue weighted by Gasteiger charge is -2.01. The second kappa shape index (κ2) is 4.99. The Labute approximate surface area is 102 Å². The van der Waals surface area contributed by atoms with Crippen molar-refractivity contribution >= 4 is 27.3 Å². The van der Waals surface area contributed by atoms with Crippen molar-refractivity contribution in [3.8, 4) is 0 Å². The van der Waals surface area contributed by atoms with Crippen molar-refractivity contribution in [3.63, 3.8) is 0 Å². The van der Waals surface area contributed by atoms with E-state index in [0.29, 0.717) is 0 Å². The van der Waals surface area contributed by atoms with E-state index in [1.807, 2.05) is 37.3 Å². The predicted molar refractivity (Wildman–Crippen MR) is 68.7 cm³/mol. The molecular weight excluding hydrogens is 268 g/mol. The topological polar surface area (TPSA) is 37.5 Å². The van der Waals surface area contributed by atoms with Gasteiger partial charge in [0.1, 0.15) is 0 Å². The number of hydrazone groups is 1. The summed E-state index contributed by atoms with van der Waals surface area (Å²) in [5.41, 5.74) is 5.80. The zero-order chi connectivity index (χ0) is 11.4. The molecule has 0 radical (unpaired) electrons. The maximum atomic E-state index is 4.99. The highest BCUT2D eigenvalue weighted by atomic mass is 79.9. The van der Waals surface area contributed by atoms with Gasteiger partial charge in [-0.2, -0.15) is 5.10 Å². The Bertz CT molecular complexity index is 474. The van der Waals surface area contributed by atoms with Crippen LogP contribution in [0.25, 0.3) is 0 Å². The standard InChI is InChI=1S/C12H11BrN2O/c1-9(10-6-7-16-8-10)14-15-12-4-2-11(13)3-5-12/h2-8,15H,1H3/b14-9-. The van der Waals surface area contributed by atoms with Crippen molar-refractivity contribution in [2.75, 3.05) is 5.43 Å². The molecule has 3 nitrogen and oxygen atoms in total. The molecule has 16 heavy (non-hydrogen) atoms. The van der Waals surface area contributed by atoms with Gasteiger partial charge in [-0.25, -0.2) is 0 Å². The van der Waals surface area contributed by atoms with Crippen LogP contribution in [-0.2, 0) is 0 Å². The maximum Gasteiger partial charge on any atom is 0.0993 e. The Morgan fingerprint density at radius 1 is 1.25 bits per heavy atom. The Hall–Kier alpha value is -1.55. The predicted octanol–water partition coefficient (Wildman–Crippen LogP) is 3.88. The lowest BCUT2D eigenvalue weighted by molar-refractivity contribution is 0.567. The quantitative estimate of drug-likeness (QED) is 0.684. The molecular formula is C12H11BrN2O. The fourth-order valence-electron chi connectivity index (χ4n) is 1.21. The molecule has 0 atom stereocenters. The molecule has 2 rings (SSSR count). The normalized spacial score (nSPS) is 11.5. The summed E-state index contributed by atoms with van der Waals surface area (Å²) in [5, 5.41) is 4.26. The third-order valence-electron chi connectivity index (χ3n) is 2.14. The minimum Gasteiger partial charge on any atom is -0.472 e. The Kier molecular flexibility index (Phi) is 3.41. The summed E-state index contributed by atoms with van der Waals surface area (Å²) < 4.78 is 6.04. The van der Waals surface area contributed by atoms with Crippen LogP contribution < -0.4 is 5.43 Å². The number of hydrogen-bond donors (Lipinski definition) is 1. The van der Waals surface area contributed by atoms with Crippen LogP contribution in [0.4, 0.5) is 5.69 Å². The molecule has 0 saturated heterocycles. The lowest BCUT2D eigenvalue weighted by Crippen LogP contribution is -1.97. The molecule has 2 aromatic rings. The molecule has 4 heteroatoms. The van der Waals surface area contributed by atoms with Gasteiger partial charge in [-0.15, -0.1) is 0 Å². The highest BCUT2D eigenvalue weighted by molar-refractivity contribution is 9.10. The fourth-order valence-corrected chi connectivity index (χ4v) is 1.47. The zero-order valence-electron chi connectivity index (χ0n) is 8.77. The summed E-state index contributed by atoms with van der Waals surface area (Å²) in [7, 11) is 0. The monoisotopic (exact) mass is 278 g/mol. The maximum absolute atomic E-state index is 4.99. The second-order valence-electron chi connectivity index (χ2n) is 3.33. The molecule has 0 saturated carbocycles. The van der Waals surface area contributed by atoms with E-state index in [-0.39, 0.29) is 0 Å². The fraction of sp³-hybridized carbons (Fsp3) is 0.0833. The van der Waals surface area contributed by atoms with Gasteiger partial charge in [0.25, 0.3) is 0 Å². The molecule has 0 unspecified atom stereocenters. The number of hydrogen-bond acceptors (Lipinski definition) is 3. The van der Waals surface area contributed by atoms with E-state index in [9.17, 15) is 0 Å². The van der Waals surface area contributed by atoms with Crippen LogP contribution in [-0.4, -0.2) is 5.71 Å². The van der Waals surface area contributed by atoms with E-state index < -0.39 is 0 Å². The van der Waals surface area contributed by atoms with Crippen LogP contribution in [0, 0.1) is 0 Å². The highest BCUT2D eigenvalue weighted by Gasteiger charge is 1.97. The van der Waals surface area contributed by atoms with E-state index in [0.717, 1.165) is 21.4 Å². The molecule has 0 aliphatic rings. The van der Waals surface area contributed by atoms with E-state index >= 15 is 0 Å². The Morgan fingerprint density at radius 3 is 2.62 bits per heavy atom. The summed E-state index contributed by atoms with van der Waals surface area (Å²) in [6, 6.07) is 9.71. The third-order valence-corrected chi connectivity index (χ3v) is 2.66. The van der Waals surface area contributed by atoms with E-state index in [1.54, 1.807) is 12.5 Å². The van der Waals surface area contributed by atoms with Crippen molar-refractivity contribution in [2.24, 2.45) is 5.10 Å². The summed E-state index contributed by atoms with van der Waals surface area (Å²) in [6.07, 6.45) is 3.30. The largest absolute Gasteiger partial charge is 0.472 e. The van der Waals surface area contributed by atoms with Crippen molar-refractivity contribution in [1.29, 1.82) is 0 Å². The molecule has 0 aliphatic carbocycles. The van der Waals surface area contributed by atoms with E-state index in [2.05, 4.69) is 26.5 Å². The van der Waals surface area contributed by atoms with Crippen LogP contribution in [0.15, 0.2) is 56.8 Å². The number of benzene rings is 1. The number of nitrogens with one attached hydrogen (secondary N) is 1. The zero-order valence-corrected chi connectivity index (χ0v) is 10.4. The molecule has 0 fully saturated rings. The SMILES string of the molecule is C/C(=N/Nc1ccc(Br)cc1)c1ccoc1. The molecule has 0 spiro atoms. The van der Waals surface area contributed by atoms with Gasteiger partial charge in [0.15, 0.2) is 0 Å².